The molecule has 1 aromatic heterocycles. The Hall–Kier alpha value is -4.38. The number of carbonyl (C=O) groups excluding carboxylic acids is 4. The Morgan fingerprint density at radius 3 is 1.38 bits per heavy atom. The van der Waals surface area contributed by atoms with Gasteiger partial charge in [-0.1, -0.05) is 24.3 Å². The van der Waals surface area contributed by atoms with Gasteiger partial charge >= 0.3 is 12.1 Å². The van der Waals surface area contributed by atoms with E-state index < -0.39 is 24.1 Å². The summed E-state index contributed by atoms with van der Waals surface area (Å²) in [4.78, 5) is 53.3. The number of rotatable bonds is 6. The summed E-state index contributed by atoms with van der Waals surface area (Å²) in [5.41, 5.74) is 14.1. The number of likely N-dealkylation sites (tertiary alicyclic amines) is 2. The van der Waals surface area contributed by atoms with Crippen molar-refractivity contribution in [1.82, 2.24) is 9.80 Å². The van der Waals surface area contributed by atoms with Crippen molar-refractivity contribution in [2.45, 2.75) is 37.8 Å². The molecule has 0 saturated carbocycles. The molecule has 0 spiro atoms. The van der Waals surface area contributed by atoms with Gasteiger partial charge in [0.1, 0.15) is 12.1 Å². The highest BCUT2D eigenvalue weighted by Crippen LogP contribution is 2.35. The highest BCUT2D eigenvalue weighted by Gasteiger charge is 2.34. The van der Waals surface area contributed by atoms with Crippen LogP contribution in [0.1, 0.15) is 25.7 Å². The van der Waals surface area contributed by atoms with E-state index in [1.807, 2.05) is 60.7 Å². The molecule has 11 heteroatoms. The maximum Gasteiger partial charge on any atom is 0.315 e. The summed E-state index contributed by atoms with van der Waals surface area (Å²) in [6, 6.07) is 17.0. The highest BCUT2D eigenvalue weighted by atomic mass is 32.1. The van der Waals surface area contributed by atoms with Crippen LogP contribution in [0, 0.1) is 0 Å². The third-order valence-electron chi connectivity index (χ3n) is 7.16. The van der Waals surface area contributed by atoms with Gasteiger partial charge in [-0.3, -0.25) is 9.59 Å². The standard InChI is InChI=1S/C28H30N6O4S/c29-27(37)33-15-1-3-21(33)25(35)31-19-9-5-17(6-10-19)23-13-14-24(39-23)18-7-11-20(12-8-18)32-26(36)22-4-2-16-34(22)28(30)38/h5-14,21-22H,1-4,15-16H2,(H2,29,37)(H2,30,38)(H,31,35)(H,32,36)/t21-,22-/m0/s1. The molecule has 0 unspecified atom stereocenters. The zero-order chi connectivity index (χ0) is 27.5. The first-order valence-electron chi connectivity index (χ1n) is 12.8. The van der Waals surface area contributed by atoms with Crippen LogP contribution in [0.2, 0.25) is 0 Å². The Labute approximate surface area is 229 Å². The molecule has 6 amide bonds. The number of urea groups is 2. The number of carbonyl (C=O) groups is 4. The average molecular weight is 547 g/mol. The SMILES string of the molecule is NC(=O)N1CCC[C@H]1C(=O)Nc1ccc(-c2ccc(-c3ccc(NC(=O)[C@@H]4CCCN4C(N)=O)cc3)s2)cc1. The molecule has 2 fully saturated rings. The van der Waals surface area contributed by atoms with Crippen molar-refractivity contribution in [2.75, 3.05) is 23.7 Å². The summed E-state index contributed by atoms with van der Waals surface area (Å²) >= 11 is 1.64. The van der Waals surface area contributed by atoms with Crippen LogP contribution in [0.5, 0.6) is 0 Å². The lowest BCUT2D eigenvalue weighted by Gasteiger charge is -2.21. The van der Waals surface area contributed by atoms with E-state index in [0.717, 1.165) is 33.7 Å². The molecule has 202 valence electrons. The van der Waals surface area contributed by atoms with Gasteiger partial charge in [0.15, 0.2) is 0 Å². The van der Waals surface area contributed by atoms with Crippen LogP contribution >= 0.6 is 11.3 Å². The molecule has 0 radical (unpaired) electrons. The van der Waals surface area contributed by atoms with E-state index in [1.165, 1.54) is 9.80 Å². The molecule has 2 aliphatic heterocycles. The predicted molar refractivity (Wildman–Crippen MR) is 151 cm³/mol. The van der Waals surface area contributed by atoms with Gasteiger partial charge in [-0.15, -0.1) is 11.3 Å². The lowest BCUT2D eigenvalue weighted by Crippen LogP contribution is -2.45. The lowest BCUT2D eigenvalue weighted by atomic mass is 10.1. The molecule has 39 heavy (non-hydrogen) atoms. The fraction of sp³-hybridized carbons (Fsp3) is 0.286. The van der Waals surface area contributed by atoms with Crippen molar-refractivity contribution < 1.29 is 19.2 Å². The summed E-state index contributed by atoms with van der Waals surface area (Å²) < 4.78 is 0. The minimum atomic E-state index is -0.573. The third kappa shape index (κ3) is 5.73. The Morgan fingerprint density at radius 1 is 0.641 bits per heavy atom. The number of nitrogens with zero attached hydrogens (tertiary/aromatic N) is 2. The number of hydrogen-bond acceptors (Lipinski definition) is 5. The Morgan fingerprint density at radius 2 is 1.03 bits per heavy atom. The molecule has 2 aromatic carbocycles. The Bertz CT molecular complexity index is 1280. The number of primary amides is 2. The maximum absolute atomic E-state index is 12.6. The van der Waals surface area contributed by atoms with Crippen LogP contribution in [0.25, 0.3) is 20.9 Å². The number of amides is 6. The lowest BCUT2D eigenvalue weighted by molar-refractivity contribution is -0.120. The van der Waals surface area contributed by atoms with E-state index in [4.69, 9.17) is 11.5 Å². The van der Waals surface area contributed by atoms with Gasteiger partial charge in [0.2, 0.25) is 11.8 Å². The zero-order valence-corrected chi connectivity index (χ0v) is 22.1. The molecule has 0 aliphatic carbocycles. The number of nitrogens with two attached hydrogens (primary N) is 2. The Balaban J connectivity index is 1.20. The van der Waals surface area contributed by atoms with Crippen LogP contribution in [-0.2, 0) is 9.59 Å². The molecule has 2 atom stereocenters. The van der Waals surface area contributed by atoms with Gasteiger partial charge in [-0.25, -0.2) is 9.59 Å². The van der Waals surface area contributed by atoms with E-state index in [-0.39, 0.29) is 11.8 Å². The normalized spacial score (nSPS) is 18.7. The smallest absolute Gasteiger partial charge is 0.315 e. The molecular weight excluding hydrogens is 516 g/mol. The topological polar surface area (TPSA) is 151 Å². The average Bonchev–Trinajstić information content (AvgIpc) is 3.70. The summed E-state index contributed by atoms with van der Waals surface area (Å²) in [5, 5.41) is 5.76. The van der Waals surface area contributed by atoms with Crippen LogP contribution in [-0.4, -0.2) is 58.8 Å². The van der Waals surface area contributed by atoms with Crippen LogP contribution < -0.4 is 22.1 Å². The molecule has 2 aliphatic rings. The van der Waals surface area contributed by atoms with Gasteiger partial charge in [0.05, 0.1) is 0 Å². The van der Waals surface area contributed by atoms with Gasteiger partial charge in [0, 0.05) is 34.2 Å². The highest BCUT2D eigenvalue weighted by molar-refractivity contribution is 7.18. The second kappa shape index (κ2) is 11.2. The van der Waals surface area contributed by atoms with E-state index in [1.54, 1.807) is 11.3 Å². The fourth-order valence-electron chi connectivity index (χ4n) is 5.14. The molecule has 3 aromatic rings. The molecular formula is C28H30N6O4S. The van der Waals surface area contributed by atoms with E-state index >= 15 is 0 Å². The fourth-order valence-corrected chi connectivity index (χ4v) is 6.16. The van der Waals surface area contributed by atoms with Crippen molar-refractivity contribution in [3.8, 4) is 20.9 Å². The van der Waals surface area contributed by atoms with Gasteiger partial charge in [-0.05, 0) is 73.2 Å². The van der Waals surface area contributed by atoms with Crippen LogP contribution in [0.3, 0.4) is 0 Å². The minimum absolute atomic E-state index is 0.231. The summed E-state index contributed by atoms with van der Waals surface area (Å²) in [7, 11) is 0. The molecule has 5 rings (SSSR count). The minimum Gasteiger partial charge on any atom is -0.351 e. The van der Waals surface area contributed by atoms with Crippen LogP contribution in [0.15, 0.2) is 60.7 Å². The van der Waals surface area contributed by atoms with E-state index in [0.29, 0.717) is 37.3 Å². The zero-order valence-electron chi connectivity index (χ0n) is 21.3. The third-order valence-corrected chi connectivity index (χ3v) is 8.34. The maximum atomic E-state index is 12.6. The quantitative estimate of drug-likeness (QED) is 0.369. The number of thiophene rings is 1. The largest absolute Gasteiger partial charge is 0.351 e. The van der Waals surface area contributed by atoms with E-state index in [9.17, 15) is 19.2 Å². The number of benzene rings is 2. The summed E-state index contributed by atoms with van der Waals surface area (Å²) in [6.07, 6.45) is 2.72. The Kier molecular flexibility index (Phi) is 7.51. The van der Waals surface area contributed by atoms with Crippen molar-refractivity contribution in [3.05, 3.63) is 60.7 Å². The molecule has 3 heterocycles. The van der Waals surface area contributed by atoms with Crippen molar-refractivity contribution >= 4 is 46.6 Å². The molecule has 6 N–H and O–H groups in total. The van der Waals surface area contributed by atoms with Crippen LogP contribution in [0.4, 0.5) is 21.0 Å². The van der Waals surface area contributed by atoms with E-state index in [2.05, 4.69) is 10.6 Å². The van der Waals surface area contributed by atoms with Crippen molar-refractivity contribution in [1.29, 1.82) is 0 Å². The first kappa shape index (κ1) is 26.2. The van der Waals surface area contributed by atoms with Gasteiger partial charge in [-0.2, -0.15) is 0 Å². The second-order valence-corrected chi connectivity index (χ2v) is 10.8. The van der Waals surface area contributed by atoms with Gasteiger partial charge < -0.3 is 31.9 Å². The summed E-state index contributed by atoms with van der Waals surface area (Å²) in [5.74, 6) is -0.462. The summed E-state index contributed by atoms with van der Waals surface area (Å²) in [6.45, 7) is 1.00. The van der Waals surface area contributed by atoms with Gasteiger partial charge in [0.25, 0.3) is 0 Å². The number of anilines is 2. The van der Waals surface area contributed by atoms with Crippen molar-refractivity contribution in [3.63, 3.8) is 0 Å². The molecule has 0 bridgehead atoms. The second-order valence-electron chi connectivity index (χ2n) is 9.68. The number of nitrogens with one attached hydrogen (secondary N) is 2. The number of hydrogen-bond donors (Lipinski definition) is 4. The first-order valence-corrected chi connectivity index (χ1v) is 13.7. The monoisotopic (exact) mass is 546 g/mol. The molecule has 10 nitrogen and oxygen atoms in total. The predicted octanol–water partition coefficient (Wildman–Crippen LogP) is 4.05. The molecule has 2 saturated heterocycles. The van der Waals surface area contributed by atoms with Crippen molar-refractivity contribution in [2.24, 2.45) is 11.5 Å². The first-order chi connectivity index (χ1) is 18.8.